The van der Waals surface area contributed by atoms with Gasteiger partial charge in [-0.25, -0.2) is 12.8 Å². The van der Waals surface area contributed by atoms with Crippen LogP contribution in [0.15, 0.2) is 70.0 Å². The molecule has 0 spiro atoms. The molecule has 202 valence electrons. The van der Waals surface area contributed by atoms with Gasteiger partial charge in [0.25, 0.3) is 10.0 Å². The fourth-order valence-electron chi connectivity index (χ4n) is 4.63. The summed E-state index contributed by atoms with van der Waals surface area (Å²) < 4.78 is 43.6. The number of sulfonamides is 1. The Bertz CT molecular complexity index is 1390. The Morgan fingerprint density at radius 3 is 2.24 bits per heavy atom. The maximum absolute atomic E-state index is 14.2. The molecule has 3 aromatic rings. The van der Waals surface area contributed by atoms with Crippen molar-refractivity contribution in [2.75, 3.05) is 37.0 Å². The highest BCUT2D eigenvalue weighted by atomic mass is 79.9. The zero-order valence-electron chi connectivity index (χ0n) is 21.3. The molecular formula is C28H30BrClFN3O3S. The van der Waals surface area contributed by atoms with E-state index < -0.39 is 10.0 Å². The summed E-state index contributed by atoms with van der Waals surface area (Å²) in [7, 11) is -3.93. The predicted molar refractivity (Wildman–Crippen MR) is 152 cm³/mol. The number of benzene rings is 3. The van der Waals surface area contributed by atoms with Gasteiger partial charge >= 0.3 is 0 Å². The summed E-state index contributed by atoms with van der Waals surface area (Å²) in [6.45, 7) is 6.53. The normalized spacial score (nSPS) is 14.5. The Morgan fingerprint density at radius 2 is 1.61 bits per heavy atom. The smallest absolute Gasteiger partial charge is 0.264 e. The Morgan fingerprint density at radius 1 is 0.974 bits per heavy atom. The van der Waals surface area contributed by atoms with Crippen LogP contribution >= 0.6 is 27.5 Å². The molecule has 0 aliphatic carbocycles. The molecule has 1 heterocycles. The monoisotopic (exact) mass is 621 g/mol. The molecule has 0 aromatic heterocycles. The number of halogens is 3. The van der Waals surface area contributed by atoms with Crippen LogP contribution in [0.5, 0.6) is 0 Å². The molecule has 0 radical (unpaired) electrons. The molecule has 10 heteroatoms. The SMILES string of the molecule is Cc1cc(C)cc(N(CCC(=O)N2CCN(Cc3cc(Br)ccc3F)CC2)S(=O)(=O)c2ccc(Cl)cc2)c1. The van der Waals surface area contributed by atoms with E-state index in [0.717, 1.165) is 15.6 Å². The van der Waals surface area contributed by atoms with Crippen LogP contribution in [0.2, 0.25) is 5.02 Å². The van der Waals surface area contributed by atoms with Crippen molar-refractivity contribution < 1.29 is 17.6 Å². The van der Waals surface area contributed by atoms with E-state index in [0.29, 0.717) is 49.0 Å². The second kappa shape index (κ2) is 12.2. The lowest BCUT2D eigenvalue weighted by molar-refractivity contribution is -0.132. The summed E-state index contributed by atoms with van der Waals surface area (Å²) in [5.74, 6) is -0.362. The van der Waals surface area contributed by atoms with Crippen molar-refractivity contribution in [2.45, 2.75) is 31.7 Å². The maximum Gasteiger partial charge on any atom is 0.264 e. The Hall–Kier alpha value is -2.46. The summed E-state index contributed by atoms with van der Waals surface area (Å²) in [6.07, 6.45) is 0.0417. The third-order valence-electron chi connectivity index (χ3n) is 6.55. The summed E-state index contributed by atoms with van der Waals surface area (Å²) in [5.41, 5.74) is 2.99. The molecule has 1 fully saturated rings. The standard InChI is InChI=1S/C28H30BrClFN3O3S/c1-20-15-21(2)17-25(16-20)34(38(36,37)26-6-4-24(30)5-7-26)10-9-28(35)33-13-11-32(12-14-33)19-22-18-23(29)3-8-27(22)31/h3-8,15-18H,9-14,19H2,1-2H3. The third-order valence-corrected chi connectivity index (χ3v) is 9.14. The van der Waals surface area contributed by atoms with Gasteiger partial charge in [0.1, 0.15) is 5.82 Å². The first-order chi connectivity index (χ1) is 18.0. The zero-order chi connectivity index (χ0) is 27.4. The van der Waals surface area contributed by atoms with E-state index in [4.69, 9.17) is 11.6 Å². The zero-order valence-corrected chi connectivity index (χ0v) is 24.5. The number of rotatable bonds is 8. The minimum absolute atomic E-state index is 0.0101. The summed E-state index contributed by atoms with van der Waals surface area (Å²) >= 11 is 9.36. The highest BCUT2D eigenvalue weighted by molar-refractivity contribution is 9.10. The van der Waals surface area contributed by atoms with Crippen molar-refractivity contribution >= 4 is 49.1 Å². The van der Waals surface area contributed by atoms with E-state index in [-0.39, 0.29) is 29.6 Å². The summed E-state index contributed by atoms with van der Waals surface area (Å²) in [4.78, 5) is 17.1. The van der Waals surface area contributed by atoms with Crippen molar-refractivity contribution in [3.63, 3.8) is 0 Å². The molecule has 1 saturated heterocycles. The first-order valence-electron chi connectivity index (χ1n) is 12.3. The van der Waals surface area contributed by atoms with Gasteiger partial charge in [-0.15, -0.1) is 0 Å². The topological polar surface area (TPSA) is 60.9 Å². The average Bonchev–Trinajstić information content (AvgIpc) is 2.86. The lowest BCUT2D eigenvalue weighted by atomic mass is 10.1. The number of carbonyl (C=O) groups excluding carboxylic acids is 1. The largest absolute Gasteiger partial charge is 0.340 e. The second-order valence-corrected chi connectivity index (χ2v) is 12.7. The second-order valence-electron chi connectivity index (χ2n) is 9.52. The van der Waals surface area contributed by atoms with E-state index in [1.807, 2.05) is 32.0 Å². The average molecular weight is 623 g/mol. The molecule has 1 amide bonds. The van der Waals surface area contributed by atoms with Crippen LogP contribution in [0, 0.1) is 19.7 Å². The van der Waals surface area contributed by atoms with E-state index in [1.54, 1.807) is 29.2 Å². The highest BCUT2D eigenvalue weighted by Crippen LogP contribution is 2.27. The van der Waals surface area contributed by atoms with Crippen LogP contribution in [-0.4, -0.2) is 56.8 Å². The molecule has 0 N–H and O–H groups in total. The lowest BCUT2D eigenvalue weighted by Crippen LogP contribution is -2.49. The molecule has 1 aliphatic rings. The van der Waals surface area contributed by atoms with Gasteiger partial charge in [-0.1, -0.05) is 33.6 Å². The first kappa shape index (κ1) is 28.5. The van der Waals surface area contributed by atoms with Gasteiger partial charge in [0, 0.05) is 60.7 Å². The number of nitrogens with zero attached hydrogens (tertiary/aromatic N) is 3. The number of carbonyl (C=O) groups is 1. The fourth-order valence-corrected chi connectivity index (χ4v) is 6.62. The number of aryl methyl sites for hydroxylation is 2. The molecule has 6 nitrogen and oxygen atoms in total. The Kier molecular flexibility index (Phi) is 9.13. The molecule has 0 unspecified atom stereocenters. The van der Waals surface area contributed by atoms with Gasteiger partial charge in [-0.2, -0.15) is 0 Å². The van der Waals surface area contributed by atoms with Gasteiger partial charge in [0.05, 0.1) is 10.6 Å². The van der Waals surface area contributed by atoms with Crippen LogP contribution in [0.1, 0.15) is 23.1 Å². The van der Waals surface area contributed by atoms with Crippen LogP contribution in [0.3, 0.4) is 0 Å². The Balaban J connectivity index is 1.44. The molecular weight excluding hydrogens is 593 g/mol. The quantitative estimate of drug-likeness (QED) is 0.319. The van der Waals surface area contributed by atoms with Crippen molar-refractivity contribution in [3.8, 4) is 0 Å². The van der Waals surface area contributed by atoms with Gasteiger partial charge < -0.3 is 4.90 Å². The molecule has 0 saturated carbocycles. The first-order valence-corrected chi connectivity index (χ1v) is 14.9. The van der Waals surface area contributed by atoms with Crippen molar-refractivity contribution in [1.29, 1.82) is 0 Å². The minimum atomic E-state index is -3.93. The molecule has 1 aliphatic heterocycles. The van der Waals surface area contributed by atoms with E-state index >= 15 is 0 Å². The van der Waals surface area contributed by atoms with Gasteiger partial charge in [-0.3, -0.25) is 14.0 Å². The van der Waals surface area contributed by atoms with Crippen molar-refractivity contribution in [3.05, 3.63) is 92.7 Å². The molecule has 0 atom stereocenters. The Labute approximate surface area is 237 Å². The van der Waals surface area contributed by atoms with E-state index in [9.17, 15) is 17.6 Å². The maximum atomic E-state index is 14.2. The molecule has 4 rings (SSSR count). The van der Waals surface area contributed by atoms with Crippen molar-refractivity contribution in [2.24, 2.45) is 0 Å². The van der Waals surface area contributed by atoms with Crippen LogP contribution in [0.25, 0.3) is 0 Å². The minimum Gasteiger partial charge on any atom is -0.340 e. The predicted octanol–water partition coefficient (Wildman–Crippen LogP) is 5.79. The number of anilines is 1. The van der Waals surface area contributed by atoms with Gasteiger partial charge in [0.15, 0.2) is 0 Å². The van der Waals surface area contributed by atoms with Crippen LogP contribution in [0.4, 0.5) is 10.1 Å². The number of amides is 1. The highest BCUT2D eigenvalue weighted by Gasteiger charge is 2.28. The number of piperazine rings is 1. The van der Waals surface area contributed by atoms with Crippen LogP contribution in [-0.2, 0) is 21.4 Å². The lowest BCUT2D eigenvalue weighted by Gasteiger charge is -2.35. The molecule has 3 aromatic carbocycles. The van der Waals surface area contributed by atoms with Gasteiger partial charge in [-0.05, 0) is 79.6 Å². The van der Waals surface area contributed by atoms with E-state index in [2.05, 4.69) is 20.8 Å². The van der Waals surface area contributed by atoms with Gasteiger partial charge in [0.2, 0.25) is 5.91 Å². The fraction of sp³-hybridized carbons (Fsp3) is 0.321. The van der Waals surface area contributed by atoms with E-state index in [1.165, 1.54) is 22.5 Å². The van der Waals surface area contributed by atoms with Crippen LogP contribution < -0.4 is 4.31 Å². The number of hydrogen-bond donors (Lipinski definition) is 0. The number of hydrogen-bond acceptors (Lipinski definition) is 4. The third kappa shape index (κ3) is 6.94. The summed E-state index contributed by atoms with van der Waals surface area (Å²) in [5, 5.41) is 0.443. The molecule has 0 bridgehead atoms. The molecule has 38 heavy (non-hydrogen) atoms. The summed E-state index contributed by atoms with van der Waals surface area (Å²) in [6, 6.07) is 16.5. The van der Waals surface area contributed by atoms with Crippen molar-refractivity contribution in [1.82, 2.24) is 9.80 Å².